The minimum absolute atomic E-state index is 0.351. The minimum atomic E-state index is -0.352. The first-order chi connectivity index (χ1) is 10.5. The Morgan fingerprint density at radius 2 is 1.23 bits per heavy atom. The van der Waals surface area contributed by atoms with Gasteiger partial charge in [-0.15, -0.1) is 9.24 Å². The highest BCUT2D eigenvalue weighted by Crippen LogP contribution is 2.29. The highest BCUT2D eigenvalue weighted by Gasteiger charge is 2.10. The Morgan fingerprint density at radius 3 is 1.86 bits per heavy atom. The quantitative estimate of drug-likeness (QED) is 0.577. The van der Waals surface area contributed by atoms with Crippen molar-refractivity contribution in [2.45, 2.75) is 6.92 Å². The smallest absolute Gasteiger partial charge is 0.131 e. The van der Waals surface area contributed by atoms with Crippen LogP contribution >= 0.6 is 9.24 Å². The Morgan fingerprint density at radius 1 is 0.682 bits per heavy atom. The standard InChI is InChI=1S/C19H15F2P/c1-12-2-4-13(5-3-12)16-8-6-14(10-18(16)20)17-9-7-15(22)11-19(17)21/h2-11H,22H2,1H3. The molecule has 0 radical (unpaired) electrons. The maximum Gasteiger partial charge on any atom is 0.131 e. The molecule has 3 aromatic carbocycles. The molecule has 3 rings (SSSR count). The van der Waals surface area contributed by atoms with Crippen molar-refractivity contribution in [2.75, 3.05) is 0 Å². The largest absolute Gasteiger partial charge is 0.206 e. The molecule has 0 aliphatic rings. The summed E-state index contributed by atoms with van der Waals surface area (Å²) in [5, 5.41) is 0.762. The van der Waals surface area contributed by atoms with E-state index in [2.05, 4.69) is 9.24 Å². The van der Waals surface area contributed by atoms with Gasteiger partial charge in [0.15, 0.2) is 0 Å². The van der Waals surface area contributed by atoms with Gasteiger partial charge >= 0.3 is 0 Å². The van der Waals surface area contributed by atoms with Crippen LogP contribution < -0.4 is 5.30 Å². The van der Waals surface area contributed by atoms with Gasteiger partial charge in [-0.3, -0.25) is 0 Å². The van der Waals surface area contributed by atoms with Gasteiger partial charge in [0.05, 0.1) is 0 Å². The third-order valence-electron chi connectivity index (χ3n) is 3.64. The number of rotatable bonds is 2. The van der Waals surface area contributed by atoms with Crippen LogP contribution in [0.25, 0.3) is 22.3 Å². The van der Waals surface area contributed by atoms with Crippen molar-refractivity contribution >= 4 is 14.5 Å². The lowest BCUT2D eigenvalue weighted by Crippen LogP contribution is -1.95. The first-order valence-electron chi connectivity index (χ1n) is 6.96. The molecule has 1 atom stereocenters. The maximum atomic E-state index is 14.4. The van der Waals surface area contributed by atoms with Crippen LogP contribution in [0.3, 0.4) is 0 Å². The van der Waals surface area contributed by atoms with Crippen LogP contribution in [-0.2, 0) is 0 Å². The molecule has 3 heteroatoms. The molecule has 0 saturated heterocycles. The third-order valence-corrected chi connectivity index (χ3v) is 3.99. The van der Waals surface area contributed by atoms with Gasteiger partial charge < -0.3 is 0 Å². The van der Waals surface area contributed by atoms with Gasteiger partial charge in [-0.2, -0.15) is 0 Å². The van der Waals surface area contributed by atoms with Gasteiger partial charge in [-0.05, 0) is 35.5 Å². The first-order valence-corrected chi connectivity index (χ1v) is 7.54. The fourth-order valence-electron chi connectivity index (χ4n) is 2.42. The van der Waals surface area contributed by atoms with E-state index in [4.69, 9.17) is 0 Å². The third kappa shape index (κ3) is 2.93. The predicted molar refractivity (Wildman–Crippen MR) is 91.3 cm³/mol. The summed E-state index contributed by atoms with van der Waals surface area (Å²) in [4.78, 5) is 0. The van der Waals surface area contributed by atoms with E-state index in [-0.39, 0.29) is 11.6 Å². The molecule has 110 valence electrons. The van der Waals surface area contributed by atoms with E-state index in [9.17, 15) is 8.78 Å². The van der Waals surface area contributed by atoms with Crippen molar-refractivity contribution in [2.24, 2.45) is 0 Å². The van der Waals surface area contributed by atoms with Crippen molar-refractivity contribution in [3.8, 4) is 22.3 Å². The fourth-order valence-corrected chi connectivity index (χ4v) is 2.66. The second kappa shape index (κ2) is 5.98. The minimum Gasteiger partial charge on any atom is -0.206 e. The average Bonchev–Trinajstić information content (AvgIpc) is 2.48. The van der Waals surface area contributed by atoms with Crippen molar-refractivity contribution in [1.82, 2.24) is 0 Å². The second-order valence-corrected chi connectivity index (χ2v) is 5.97. The highest BCUT2D eigenvalue weighted by molar-refractivity contribution is 7.27. The summed E-state index contributed by atoms with van der Waals surface area (Å²) in [6.07, 6.45) is 0. The predicted octanol–water partition coefficient (Wildman–Crippen LogP) is 5.11. The van der Waals surface area contributed by atoms with Gasteiger partial charge in [-0.25, -0.2) is 8.78 Å². The van der Waals surface area contributed by atoms with E-state index in [1.54, 1.807) is 24.3 Å². The topological polar surface area (TPSA) is 0 Å². The molecule has 0 aliphatic carbocycles. The number of hydrogen-bond donors (Lipinski definition) is 0. The summed E-state index contributed by atoms with van der Waals surface area (Å²) in [6, 6.07) is 17.4. The Labute approximate surface area is 131 Å². The Hall–Kier alpha value is -2.05. The molecule has 0 nitrogen and oxygen atoms in total. The summed E-state index contributed by atoms with van der Waals surface area (Å²) in [7, 11) is 2.45. The highest BCUT2D eigenvalue weighted by atomic mass is 31.0. The maximum absolute atomic E-state index is 14.4. The van der Waals surface area contributed by atoms with Gasteiger partial charge in [0.25, 0.3) is 0 Å². The normalized spacial score (nSPS) is 10.7. The average molecular weight is 312 g/mol. The van der Waals surface area contributed by atoms with E-state index in [0.717, 1.165) is 16.4 Å². The van der Waals surface area contributed by atoms with Crippen LogP contribution in [0.1, 0.15) is 5.56 Å². The van der Waals surface area contributed by atoms with Gasteiger partial charge in [0.2, 0.25) is 0 Å². The Kier molecular flexibility index (Phi) is 4.04. The Bertz CT molecular complexity index is 823. The van der Waals surface area contributed by atoms with E-state index >= 15 is 0 Å². The molecule has 0 saturated carbocycles. The van der Waals surface area contributed by atoms with Crippen LogP contribution in [0.2, 0.25) is 0 Å². The summed E-state index contributed by atoms with van der Waals surface area (Å²) in [5.41, 5.74) is 3.40. The number of halogens is 2. The monoisotopic (exact) mass is 312 g/mol. The van der Waals surface area contributed by atoms with E-state index in [1.165, 1.54) is 12.1 Å². The van der Waals surface area contributed by atoms with Crippen molar-refractivity contribution < 1.29 is 8.78 Å². The van der Waals surface area contributed by atoms with Crippen molar-refractivity contribution in [3.63, 3.8) is 0 Å². The van der Waals surface area contributed by atoms with Crippen molar-refractivity contribution in [1.29, 1.82) is 0 Å². The van der Waals surface area contributed by atoms with E-state index < -0.39 is 0 Å². The van der Waals surface area contributed by atoms with Crippen LogP contribution in [0.15, 0.2) is 60.7 Å². The molecule has 0 N–H and O–H groups in total. The summed E-state index contributed by atoms with van der Waals surface area (Å²) < 4.78 is 28.4. The molecule has 0 bridgehead atoms. The zero-order valence-corrected chi connectivity index (χ0v) is 13.3. The molecule has 22 heavy (non-hydrogen) atoms. The zero-order chi connectivity index (χ0) is 15.7. The number of hydrogen-bond acceptors (Lipinski definition) is 0. The first kappa shape index (κ1) is 14.9. The number of aryl methyl sites for hydroxylation is 1. The molecule has 3 aromatic rings. The van der Waals surface area contributed by atoms with Gasteiger partial charge in [-0.1, -0.05) is 54.1 Å². The van der Waals surface area contributed by atoms with Crippen LogP contribution in [0, 0.1) is 18.6 Å². The lowest BCUT2D eigenvalue weighted by atomic mass is 9.99. The lowest BCUT2D eigenvalue weighted by Gasteiger charge is -2.08. The summed E-state index contributed by atoms with van der Waals surface area (Å²) in [5.74, 6) is -0.703. The lowest BCUT2D eigenvalue weighted by molar-refractivity contribution is 0.627. The molecule has 0 amide bonds. The van der Waals surface area contributed by atoms with E-state index in [0.29, 0.717) is 16.7 Å². The van der Waals surface area contributed by atoms with Crippen LogP contribution in [0.5, 0.6) is 0 Å². The van der Waals surface area contributed by atoms with Crippen LogP contribution in [-0.4, -0.2) is 0 Å². The molecule has 0 fully saturated rings. The molecule has 0 aromatic heterocycles. The number of benzene rings is 3. The second-order valence-electron chi connectivity index (χ2n) is 5.30. The van der Waals surface area contributed by atoms with Gasteiger partial charge in [0, 0.05) is 11.1 Å². The fraction of sp³-hybridized carbons (Fsp3) is 0.0526. The van der Waals surface area contributed by atoms with E-state index in [1.807, 2.05) is 31.2 Å². The van der Waals surface area contributed by atoms with Gasteiger partial charge in [0.1, 0.15) is 11.6 Å². The molecule has 0 spiro atoms. The van der Waals surface area contributed by atoms with Crippen molar-refractivity contribution in [3.05, 3.63) is 77.9 Å². The zero-order valence-electron chi connectivity index (χ0n) is 12.1. The molecular weight excluding hydrogens is 297 g/mol. The molecule has 0 aliphatic heterocycles. The summed E-state index contributed by atoms with van der Waals surface area (Å²) in [6.45, 7) is 1.99. The molecule has 1 unspecified atom stereocenters. The molecular formula is C19H15F2P. The SMILES string of the molecule is Cc1ccc(-c2ccc(-c3ccc(P)cc3F)cc2F)cc1. The van der Waals surface area contributed by atoms with Crippen LogP contribution in [0.4, 0.5) is 8.78 Å². The Balaban J connectivity index is 2.03. The molecule has 0 heterocycles. The summed E-state index contributed by atoms with van der Waals surface area (Å²) >= 11 is 0.